The first-order chi connectivity index (χ1) is 6.83. The molecule has 0 bridgehead atoms. The standard InChI is InChI=1S/C10H20N2O2/c1-2-11-10(13)12-14-8-9-6-4-3-5-7-9/h9H,2-8H2,1H3,(H2,11,12,13). The lowest BCUT2D eigenvalue weighted by atomic mass is 9.90. The quantitative estimate of drug-likeness (QED) is 0.680. The number of nitrogens with one attached hydrogen (secondary N) is 2. The number of hydrogen-bond donors (Lipinski definition) is 2. The maximum absolute atomic E-state index is 10.9. The number of amides is 2. The van der Waals surface area contributed by atoms with Gasteiger partial charge in [0, 0.05) is 6.54 Å². The third kappa shape index (κ3) is 4.46. The van der Waals surface area contributed by atoms with E-state index in [-0.39, 0.29) is 6.03 Å². The molecular formula is C10H20N2O2. The summed E-state index contributed by atoms with van der Waals surface area (Å²) in [4.78, 5) is 16.1. The molecule has 0 saturated heterocycles. The van der Waals surface area contributed by atoms with Gasteiger partial charge >= 0.3 is 6.03 Å². The van der Waals surface area contributed by atoms with Gasteiger partial charge in [0.15, 0.2) is 0 Å². The first-order valence-corrected chi connectivity index (χ1v) is 5.48. The number of urea groups is 1. The Morgan fingerprint density at radius 1 is 1.36 bits per heavy atom. The molecule has 2 N–H and O–H groups in total. The van der Waals surface area contributed by atoms with Crippen molar-refractivity contribution in [3.05, 3.63) is 0 Å². The lowest BCUT2D eigenvalue weighted by molar-refractivity contribution is 0.0286. The van der Waals surface area contributed by atoms with E-state index in [0.717, 1.165) is 0 Å². The minimum absolute atomic E-state index is 0.247. The molecule has 2 amide bonds. The van der Waals surface area contributed by atoms with Crippen LogP contribution in [0.15, 0.2) is 0 Å². The van der Waals surface area contributed by atoms with E-state index in [0.29, 0.717) is 19.1 Å². The van der Waals surface area contributed by atoms with E-state index < -0.39 is 0 Å². The van der Waals surface area contributed by atoms with Gasteiger partial charge in [-0.25, -0.2) is 10.3 Å². The molecule has 0 aliphatic heterocycles. The molecule has 1 rings (SSSR count). The van der Waals surface area contributed by atoms with Crippen LogP contribution in [-0.4, -0.2) is 19.2 Å². The van der Waals surface area contributed by atoms with Gasteiger partial charge in [0.2, 0.25) is 0 Å². The Morgan fingerprint density at radius 3 is 2.71 bits per heavy atom. The van der Waals surface area contributed by atoms with Crippen molar-refractivity contribution in [2.45, 2.75) is 39.0 Å². The van der Waals surface area contributed by atoms with Crippen molar-refractivity contribution in [3.8, 4) is 0 Å². The predicted molar refractivity (Wildman–Crippen MR) is 54.7 cm³/mol. The second-order valence-corrected chi connectivity index (χ2v) is 3.78. The molecule has 0 atom stereocenters. The Labute approximate surface area is 85.3 Å². The number of hydroxylamine groups is 1. The van der Waals surface area contributed by atoms with Crippen molar-refractivity contribution in [1.82, 2.24) is 10.8 Å². The molecule has 1 saturated carbocycles. The van der Waals surface area contributed by atoms with Crippen LogP contribution in [0.4, 0.5) is 4.79 Å². The van der Waals surface area contributed by atoms with Gasteiger partial charge in [0.25, 0.3) is 0 Å². The average molecular weight is 200 g/mol. The first kappa shape index (κ1) is 11.3. The number of hydrogen-bond acceptors (Lipinski definition) is 2. The molecule has 0 spiro atoms. The summed E-state index contributed by atoms with van der Waals surface area (Å²) in [5.74, 6) is 0.630. The van der Waals surface area contributed by atoms with Crippen LogP contribution in [-0.2, 0) is 4.84 Å². The Bertz CT molecular complexity index is 168. The Kier molecular flexibility index (Phi) is 5.37. The molecule has 4 nitrogen and oxygen atoms in total. The van der Waals surface area contributed by atoms with E-state index in [9.17, 15) is 4.79 Å². The highest BCUT2D eigenvalue weighted by Crippen LogP contribution is 2.23. The maximum Gasteiger partial charge on any atom is 0.338 e. The first-order valence-electron chi connectivity index (χ1n) is 5.48. The van der Waals surface area contributed by atoms with Gasteiger partial charge in [-0.2, -0.15) is 0 Å². The van der Waals surface area contributed by atoms with Crippen LogP contribution in [0.25, 0.3) is 0 Å². The van der Waals surface area contributed by atoms with Crippen molar-refractivity contribution >= 4 is 6.03 Å². The highest BCUT2D eigenvalue weighted by atomic mass is 16.7. The lowest BCUT2D eigenvalue weighted by Gasteiger charge is -2.20. The second-order valence-electron chi connectivity index (χ2n) is 3.78. The Balaban J connectivity index is 1.99. The van der Waals surface area contributed by atoms with Crippen LogP contribution in [0.1, 0.15) is 39.0 Å². The van der Waals surface area contributed by atoms with Crippen LogP contribution in [0.2, 0.25) is 0 Å². The van der Waals surface area contributed by atoms with E-state index in [4.69, 9.17) is 4.84 Å². The summed E-state index contributed by atoms with van der Waals surface area (Å²) < 4.78 is 0. The topological polar surface area (TPSA) is 50.4 Å². The second kappa shape index (κ2) is 6.65. The molecule has 0 radical (unpaired) electrons. The monoisotopic (exact) mass is 200 g/mol. The van der Waals surface area contributed by atoms with Gasteiger partial charge in [-0.1, -0.05) is 19.3 Å². The molecule has 0 aromatic heterocycles. The van der Waals surface area contributed by atoms with Gasteiger partial charge in [-0.15, -0.1) is 0 Å². The third-order valence-electron chi connectivity index (χ3n) is 2.55. The summed E-state index contributed by atoms with van der Waals surface area (Å²) in [6.07, 6.45) is 6.42. The van der Waals surface area contributed by atoms with E-state index in [1.54, 1.807) is 0 Å². The van der Waals surface area contributed by atoms with Crippen molar-refractivity contribution in [2.75, 3.05) is 13.2 Å². The van der Waals surface area contributed by atoms with Crippen LogP contribution in [0, 0.1) is 5.92 Å². The molecule has 0 aromatic carbocycles. The molecule has 14 heavy (non-hydrogen) atoms. The Hall–Kier alpha value is -0.770. The number of rotatable bonds is 4. The molecule has 0 heterocycles. The minimum atomic E-state index is -0.247. The van der Waals surface area contributed by atoms with Gasteiger partial charge in [-0.05, 0) is 25.7 Å². The Morgan fingerprint density at radius 2 is 2.07 bits per heavy atom. The van der Waals surface area contributed by atoms with Crippen LogP contribution in [0.3, 0.4) is 0 Å². The zero-order chi connectivity index (χ0) is 10.2. The van der Waals surface area contributed by atoms with Gasteiger partial charge in [0.1, 0.15) is 0 Å². The van der Waals surface area contributed by atoms with Crippen LogP contribution >= 0.6 is 0 Å². The molecule has 1 fully saturated rings. The summed E-state index contributed by atoms with van der Waals surface area (Å²) in [5, 5.41) is 2.61. The predicted octanol–water partition coefficient (Wildman–Crippen LogP) is 1.82. The van der Waals surface area contributed by atoms with Crippen LogP contribution in [0.5, 0.6) is 0 Å². The zero-order valence-corrected chi connectivity index (χ0v) is 8.84. The molecule has 82 valence electrons. The zero-order valence-electron chi connectivity index (χ0n) is 8.84. The summed E-state index contributed by atoms with van der Waals surface area (Å²) in [6, 6.07) is -0.247. The molecule has 0 unspecified atom stereocenters. The minimum Gasteiger partial charge on any atom is -0.337 e. The fraction of sp³-hybridized carbons (Fsp3) is 0.900. The molecule has 1 aliphatic carbocycles. The summed E-state index contributed by atoms with van der Waals surface area (Å²) in [5.41, 5.74) is 2.38. The highest BCUT2D eigenvalue weighted by molar-refractivity contribution is 5.72. The summed E-state index contributed by atoms with van der Waals surface area (Å²) >= 11 is 0. The van der Waals surface area contributed by atoms with Gasteiger partial charge in [-0.3, -0.25) is 4.84 Å². The van der Waals surface area contributed by atoms with Crippen LogP contribution < -0.4 is 10.8 Å². The van der Waals surface area contributed by atoms with E-state index in [2.05, 4.69) is 10.8 Å². The number of carbonyl (C=O) groups excluding carboxylic acids is 1. The van der Waals surface area contributed by atoms with E-state index >= 15 is 0 Å². The van der Waals surface area contributed by atoms with Crippen molar-refractivity contribution in [1.29, 1.82) is 0 Å². The third-order valence-corrected chi connectivity index (χ3v) is 2.55. The smallest absolute Gasteiger partial charge is 0.337 e. The number of carbonyl (C=O) groups is 1. The highest BCUT2D eigenvalue weighted by Gasteiger charge is 2.13. The van der Waals surface area contributed by atoms with Crippen molar-refractivity contribution in [2.24, 2.45) is 5.92 Å². The average Bonchev–Trinajstić information content (AvgIpc) is 2.20. The van der Waals surface area contributed by atoms with Gasteiger partial charge < -0.3 is 5.32 Å². The molecule has 4 heteroatoms. The van der Waals surface area contributed by atoms with Gasteiger partial charge in [0.05, 0.1) is 6.61 Å². The molecule has 1 aliphatic rings. The molecular weight excluding hydrogens is 180 g/mol. The van der Waals surface area contributed by atoms with Crippen molar-refractivity contribution < 1.29 is 9.63 Å². The summed E-state index contributed by atoms with van der Waals surface area (Å²) in [7, 11) is 0. The SMILES string of the molecule is CCNC(=O)NOCC1CCCCC1. The van der Waals surface area contributed by atoms with E-state index in [1.807, 2.05) is 6.92 Å². The summed E-state index contributed by atoms with van der Waals surface area (Å²) in [6.45, 7) is 3.15. The largest absolute Gasteiger partial charge is 0.338 e. The van der Waals surface area contributed by atoms with E-state index in [1.165, 1.54) is 32.1 Å². The fourth-order valence-corrected chi connectivity index (χ4v) is 1.78. The molecule has 0 aromatic rings. The maximum atomic E-state index is 10.9. The fourth-order valence-electron chi connectivity index (χ4n) is 1.78. The normalized spacial score (nSPS) is 17.8. The van der Waals surface area contributed by atoms with Crippen molar-refractivity contribution in [3.63, 3.8) is 0 Å². The lowest BCUT2D eigenvalue weighted by Crippen LogP contribution is -2.36.